The maximum atomic E-state index is 13.8. The van der Waals surface area contributed by atoms with E-state index in [0.29, 0.717) is 11.4 Å². The van der Waals surface area contributed by atoms with Crippen molar-refractivity contribution in [2.45, 2.75) is 20.8 Å². The van der Waals surface area contributed by atoms with Crippen LogP contribution < -0.4 is 5.32 Å². The van der Waals surface area contributed by atoms with Crippen LogP contribution in [-0.4, -0.2) is 10.1 Å². The molecule has 0 aliphatic heterocycles. The van der Waals surface area contributed by atoms with Crippen molar-refractivity contribution in [3.8, 4) is 11.1 Å². The van der Waals surface area contributed by atoms with E-state index in [1.165, 1.54) is 18.2 Å². The van der Waals surface area contributed by atoms with Gasteiger partial charge in [-0.2, -0.15) is 0 Å². The van der Waals surface area contributed by atoms with Crippen LogP contribution in [0.4, 0.5) is 14.5 Å². The molecule has 0 amide bonds. The highest BCUT2D eigenvalue weighted by Crippen LogP contribution is 2.28. The van der Waals surface area contributed by atoms with E-state index in [1.54, 1.807) is 12.1 Å². The van der Waals surface area contributed by atoms with Crippen LogP contribution in [0.3, 0.4) is 0 Å². The number of H-pyrrole nitrogens is 1. The first-order valence-corrected chi connectivity index (χ1v) is 8.95. The number of hydrogen-bond acceptors (Lipinski definition) is 2. The van der Waals surface area contributed by atoms with E-state index in [0.717, 1.165) is 16.8 Å². The molecule has 2 aromatic carbocycles. The first-order valence-electron chi connectivity index (χ1n) is 8.95. The molecule has 0 fully saturated rings. The Bertz CT molecular complexity index is 968. The second-order valence-corrected chi connectivity index (χ2v) is 5.95. The number of aromatic nitrogens is 1. The number of anilines is 1. The van der Waals surface area contributed by atoms with Crippen LogP contribution in [0, 0.1) is 18.6 Å². The molecule has 0 aliphatic carbocycles. The number of benzene rings is 2. The average molecular weight is 382 g/mol. The van der Waals surface area contributed by atoms with Crippen LogP contribution in [0.1, 0.15) is 30.8 Å². The summed E-state index contributed by atoms with van der Waals surface area (Å²) >= 11 is 0. The minimum atomic E-state index is -0.668. The SMILES string of the molecule is C=C(O)c1cc(-c2ccc(NC(=C)c3c(F)cccc3F)cc2)c(C)[nH]1.CC. The second-order valence-electron chi connectivity index (χ2n) is 5.95. The fourth-order valence-electron chi connectivity index (χ4n) is 2.77. The van der Waals surface area contributed by atoms with Crippen molar-refractivity contribution in [2.75, 3.05) is 5.32 Å². The van der Waals surface area contributed by atoms with Crippen molar-refractivity contribution in [2.24, 2.45) is 0 Å². The molecule has 5 heteroatoms. The van der Waals surface area contributed by atoms with Gasteiger partial charge in [0.2, 0.25) is 0 Å². The first kappa shape index (κ1) is 21.0. The molecule has 146 valence electrons. The van der Waals surface area contributed by atoms with Crippen LogP contribution in [0.2, 0.25) is 0 Å². The Balaban J connectivity index is 0.00000136. The summed E-state index contributed by atoms with van der Waals surface area (Å²) in [6.45, 7) is 13.1. The molecule has 3 rings (SSSR count). The zero-order chi connectivity index (χ0) is 20.8. The molecule has 0 aliphatic rings. The number of aryl methyl sites for hydroxylation is 1. The summed E-state index contributed by atoms with van der Waals surface area (Å²) in [5.41, 5.74) is 3.94. The van der Waals surface area contributed by atoms with Gasteiger partial charge in [0, 0.05) is 22.6 Å². The van der Waals surface area contributed by atoms with Crippen molar-refractivity contribution >= 4 is 17.1 Å². The average Bonchev–Trinajstić information content (AvgIpc) is 3.06. The number of nitrogens with one attached hydrogen (secondary N) is 2. The molecule has 0 spiro atoms. The van der Waals surface area contributed by atoms with Gasteiger partial charge in [-0.25, -0.2) is 8.78 Å². The first-order chi connectivity index (χ1) is 13.4. The van der Waals surface area contributed by atoms with Gasteiger partial charge >= 0.3 is 0 Å². The molecule has 3 N–H and O–H groups in total. The number of hydrogen-bond donors (Lipinski definition) is 3. The third-order valence-electron chi connectivity index (χ3n) is 4.08. The van der Waals surface area contributed by atoms with E-state index in [2.05, 4.69) is 23.5 Å². The summed E-state index contributed by atoms with van der Waals surface area (Å²) in [5, 5.41) is 12.4. The van der Waals surface area contributed by atoms with Crippen LogP contribution in [0.5, 0.6) is 0 Å². The molecule has 0 bridgehead atoms. The maximum Gasteiger partial charge on any atom is 0.135 e. The lowest BCUT2D eigenvalue weighted by Crippen LogP contribution is -2.02. The molecular formula is C23H24F2N2O. The van der Waals surface area contributed by atoms with Crippen LogP contribution in [-0.2, 0) is 0 Å². The quantitative estimate of drug-likeness (QED) is 0.420. The third-order valence-corrected chi connectivity index (χ3v) is 4.08. The highest BCUT2D eigenvalue weighted by atomic mass is 19.1. The molecule has 3 nitrogen and oxygen atoms in total. The van der Waals surface area contributed by atoms with E-state index in [-0.39, 0.29) is 17.0 Å². The Hall–Kier alpha value is -3.34. The van der Waals surface area contributed by atoms with E-state index in [9.17, 15) is 13.9 Å². The van der Waals surface area contributed by atoms with Gasteiger partial charge in [0.05, 0.1) is 11.3 Å². The Kier molecular flexibility index (Phi) is 6.77. The van der Waals surface area contributed by atoms with Gasteiger partial charge in [-0.3, -0.25) is 0 Å². The second kappa shape index (κ2) is 9.04. The van der Waals surface area contributed by atoms with Crippen molar-refractivity contribution < 1.29 is 13.9 Å². The molecule has 0 saturated carbocycles. The van der Waals surface area contributed by atoms with Crippen molar-refractivity contribution in [3.63, 3.8) is 0 Å². The monoisotopic (exact) mass is 382 g/mol. The molecule has 0 unspecified atom stereocenters. The lowest BCUT2D eigenvalue weighted by atomic mass is 10.1. The molecular weight excluding hydrogens is 358 g/mol. The van der Waals surface area contributed by atoms with Gasteiger partial charge in [-0.1, -0.05) is 45.2 Å². The molecule has 0 saturated heterocycles. The van der Waals surface area contributed by atoms with E-state index in [1.807, 2.05) is 39.0 Å². The Morgan fingerprint density at radius 2 is 1.57 bits per heavy atom. The van der Waals surface area contributed by atoms with Crippen molar-refractivity contribution in [1.82, 2.24) is 4.98 Å². The Morgan fingerprint density at radius 1 is 1.00 bits per heavy atom. The summed E-state index contributed by atoms with van der Waals surface area (Å²) < 4.78 is 27.7. The predicted molar refractivity (Wildman–Crippen MR) is 113 cm³/mol. The van der Waals surface area contributed by atoms with Crippen LogP contribution in [0.25, 0.3) is 22.6 Å². The largest absolute Gasteiger partial charge is 0.506 e. The van der Waals surface area contributed by atoms with Gasteiger partial charge in [-0.05, 0) is 42.8 Å². The standard InChI is InChI=1S/C21H18F2N2O.C2H6/c1-12-17(11-20(25-12)14(3)26)15-7-9-16(10-8-15)24-13(2)21-18(22)5-4-6-19(21)23;1-2/h4-11,24-26H,2-3H2,1H3;1-2H3. The third kappa shape index (κ3) is 4.49. The summed E-state index contributed by atoms with van der Waals surface area (Å²) in [4.78, 5) is 3.06. The Labute approximate surface area is 164 Å². The number of aliphatic hydroxyl groups is 1. The highest BCUT2D eigenvalue weighted by Gasteiger charge is 2.13. The van der Waals surface area contributed by atoms with Crippen molar-refractivity contribution in [1.29, 1.82) is 0 Å². The van der Waals surface area contributed by atoms with Gasteiger partial charge in [-0.15, -0.1) is 0 Å². The fourth-order valence-corrected chi connectivity index (χ4v) is 2.77. The fraction of sp³-hybridized carbons (Fsp3) is 0.130. The zero-order valence-electron chi connectivity index (χ0n) is 16.2. The van der Waals surface area contributed by atoms with Gasteiger partial charge in [0.15, 0.2) is 0 Å². The minimum absolute atomic E-state index is 0.0270. The molecule has 1 heterocycles. The molecule has 1 aromatic heterocycles. The number of aliphatic hydroxyl groups excluding tert-OH is 1. The highest BCUT2D eigenvalue weighted by molar-refractivity contribution is 5.78. The van der Waals surface area contributed by atoms with Gasteiger partial charge < -0.3 is 15.4 Å². The molecule has 3 aromatic rings. The number of aromatic amines is 1. The number of halogens is 2. The summed E-state index contributed by atoms with van der Waals surface area (Å²) in [5.74, 6) is -1.36. The number of rotatable bonds is 5. The molecule has 0 atom stereocenters. The summed E-state index contributed by atoms with van der Waals surface area (Å²) in [6, 6.07) is 12.8. The minimum Gasteiger partial charge on any atom is -0.506 e. The van der Waals surface area contributed by atoms with Crippen LogP contribution >= 0.6 is 0 Å². The molecule has 28 heavy (non-hydrogen) atoms. The normalized spacial score (nSPS) is 10.0. The van der Waals surface area contributed by atoms with Crippen LogP contribution in [0.15, 0.2) is 61.7 Å². The predicted octanol–water partition coefficient (Wildman–Crippen LogP) is 6.91. The topological polar surface area (TPSA) is 48.0 Å². The summed E-state index contributed by atoms with van der Waals surface area (Å²) in [7, 11) is 0. The summed E-state index contributed by atoms with van der Waals surface area (Å²) in [6.07, 6.45) is 0. The zero-order valence-corrected chi connectivity index (χ0v) is 16.2. The maximum absolute atomic E-state index is 13.8. The van der Waals surface area contributed by atoms with Crippen molar-refractivity contribution in [3.05, 3.63) is 90.3 Å². The van der Waals surface area contributed by atoms with E-state index in [4.69, 9.17) is 0 Å². The smallest absolute Gasteiger partial charge is 0.135 e. The Morgan fingerprint density at radius 3 is 2.07 bits per heavy atom. The molecule has 0 radical (unpaired) electrons. The van der Waals surface area contributed by atoms with Gasteiger partial charge in [0.1, 0.15) is 17.4 Å². The van der Waals surface area contributed by atoms with E-state index < -0.39 is 11.6 Å². The van der Waals surface area contributed by atoms with E-state index >= 15 is 0 Å². The van der Waals surface area contributed by atoms with Gasteiger partial charge in [0.25, 0.3) is 0 Å². The lowest BCUT2D eigenvalue weighted by Gasteiger charge is -2.12. The lowest BCUT2D eigenvalue weighted by molar-refractivity contribution is 0.511.